The monoisotopic (exact) mass is 336 g/mol. The molecule has 0 aliphatic carbocycles. The van der Waals surface area contributed by atoms with Crippen LogP contribution in [0.3, 0.4) is 0 Å². The summed E-state index contributed by atoms with van der Waals surface area (Å²) < 4.78 is 31.3. The molecule has 0 saturated heterocycles. The van der Waals surface area contributed by atoms with Gasteiger partial charge >= 0.3 is 0 Å². The van der Waals surface area contributed by atoms with Gasteiger partial charge in [0.15, 0.2) is 4.34 Å². The van der Waals surface area contributed by atoms with E-state index in [9.17, 15) is 18.5 Å². The molecule has 0 amide bonds. The molecule has 0 aliphatic heterocycles. The number of thiophene rings is 1. The molecule has 7 nitrogen and oxygen atoms in total. The van der Waals surface area contributed by atoms with Gasteiger partial charge in [-0.2, -0.15) is 0 Å². The van der Waals surface area contributed by atoms with Gasteiger partial charge in [-0.1, -0.05) is 11.6 Å². The van der Waals surface area contributed by atoms with Crippen LogP contribution in [0, 0.1) is 10.1 Å². The fourth-order valence-corrected chi connectivity index (χ4v) is 4.37. The lowest BCUT2D eigenvalue weighted by molar-refractivity contribution is -0.384. The summed E-state index contributed by atoms with van der Waals surface area (Å²) >= 11 is 6.28. The van der Waals surface area contributed by atoms with Crippen LogP contribution < -0.4 is 4.72 Å². The summed E-state index contributed by atoms with van der Waals surface area (Å²) in [6.07, 6.45) is 1.42. The van der Waals surface area contributed by atoms with Gasteiger partial charge in [0, 0.05) is 6.07 Å². The highest BCUT2D eigenvalue weighted by molar-refractivity contribution is 7.91. The van der Waals surface area contributed by atoms with Crippen molar-refractivity contribution in [1.82, 2.24) is 4.72 Å². The SMILES string of the molecule is CC(NS(=O)(=O)c1cc([N+](=O)[O-])c(Cl)s1)c1ccco1. The molecule has 1 atom stereocenters. The molecule has 0 spiro atoms. The van der Waals surface area contributed by atoms with Gasteiger partial charge in [-0.05, 0) is 19.1 Å². The summed E-state index contributed by atoms with van der Waals surface area (Å²) in [5, 5.41) is 10.7. The molecule has 2 aromatic heterocycles. The molecule has 0 aliphatic rings. The molecule has 0 radical (unpaired) electrons. The van der Waals surface area contributed by atoms with E-state index in [0.29, 0.717) is 17.1 Å². The van der Waals surface area contributed by atoms with Gasteiger partial charge in [0.2, 0.25) is 0 Å². The zero-order valence-corrected chi connectivity index (χ0v) is 12.5. The number of nitro groups is 1. The summed E-state index contributed by atoms with van der Waals surface area (Å²) in [4.78, 5) is 9.94. The Balaban J connectivity index is 2.27. The Morgan fingerprint density at radius 2 is 2.25 bits per heavy atom. The van der Waals surface area contributed by atoms with E-state index >= 15 is 0 Å². The van der Waals surface area contributed by atoms with E-state index in [-0.39, 0.29) is 8.55 Å². The zero-order valence-electron chi connectivity index (χ0n) is 10.1. The van der Waals surface area contributed by atoms with Gasteiger partial charge in [-0.25, -0.2) is 13.1 Å². The van der Waals surface area contributed by atoms with Crippen molar-refractivity contribution < 1.29 is 17.8 Å². The first-order valence-electron chi connectivity index (χ1n) is 5.30. The molecular formula is C10H9ClN2O5S2. The Morgan fingerprint density at radius 1 is 1.55 bits per heavy atom. The molecule has 1 unspecified atom stereocenters. The summed E-state index contributed by atoms with van der Waals surface area (Å²) in [7, 11) is -3.90. The largest absolute Gasteiger partial charge is 0.468 e. The molecule has 0 aromatic carbocycles. The lowest BCUT2D eigenvalue weighted by Gasteiger charge is -2.10. The summed E-state index contributed by atoms with van der Waals surface area (Å²) in [6, 6.07) is 3.59. The highest BCUT2D eigenvalue weighted by atomic mass is 35.5. The lowest BCUT2D eigenvalue weighted by Crippen LogP contribution is -2.25. The van der Waals surface area contributed by atoms with Gasteiger partial charge in [0.25, 0.3) is 15.7 Å². The van der Waals surface area contributed by atoms with Crippen LogP contribution in [0.15, 0.2) is 33.1 Å². The first-order valence-corrected chi connectivity index (χ1v) is 7.98. The fraction of sp³-hybridized carbons (Fsp3) is 0.200. The van der Waals surface area contributed by atoms with Crippen molar-refractivity contribution in [3.63, 3.8) is 0 Å². The second-order valence-corrected chi connectivity index (χ2v) is 7.43. The maximum atomic E-state index is 12.1. The molecule has 2 aromatic rings. The van der Waals surface area contributed by atoms with Crippen molar-refractivity contribution in [2.24, 2.45) is 0 Å². The third-order valence-corrected chi connectivity index (χ3v) is 5.76. The number of sulfonamides is 1. The van der Waals surface area contributed by atoms with Crippen molar-refractivity contribution in [1.29, 1.82) is 0 Å². The molecule has 1 N–H and O–H groups in total. The Labute approximate surface area is 123 Å². The van der Waals surface area contributed by atoms with Crippen molar-refractivity contribution in [2.75, 3.05) is 0 Å². The molecule has 0 saturated carbocycles. The van der Waals surface area contributed by atoms with E-state index in [1.165, 1.54) is 6.26 Å². The first kappa shape index (κ1) is 15.0. The number of nitrogens with zero attached hydrogens (tertiary/aromatic N) is 1. The second-order valence-electron chi connectivity index (χ2n) is 3.84. The Bertz CT molecular complexity index is 723. The Hall–Kier alpha value is -1.42. The molecule has 0 fully saturated rings. The number of halogens is 1. The van der Waals surface area contributed by atoms with E-state index in [4.69, 9.17) is 16.0 Å². The average molecular weight is 337 g/mol. The highest BCUT2D eigenvalue weighted by Crippen LogP contribution is 2.36. The number of furan rings is 1. The van der Waals surface area contributed by atoms with E-state index in [1.807, 2.05) is 0 Å². The van der Waals surface area contributed by atoms with Crippen LogP contribution in [0.5, 0.6) is 0 Å². The molecular weight excluding hydrogens is 328 g/mol. The maximum Gasteiger partial charge on any atom is 0.300 e. The number of nitrogens with one attached hydrogen (secondary N) is 1. The van der Waals surface area contributed by atoms with Crippen LogP contribution in [-0.4, -0.2) is 13.3 Å². The van der Waals surface area contributed by atoms with Crippen LogP contribution in [0.25, 0.3) is 0 Å². The summed E-state index contributed by atoms with van der Waals surface area (Å²) in [6.45, 7) is 1.60. The molecule has 10 heteroatoms. The van der Waals surface area contributed by atoms with Crippen LogP contribution in [0.1, 0.15) is 18.7 Å². The van der Waals surface area contributed by atoms with Gasteiger partial charge < -0.3 is 4.42 Å². The minimum Gasteiger partial charge on any atom is -0.468 e. The number of rotatable bonds is 5. The van der Waals surface area contributed by atoms with Crippen molar-refractivity contribution in [2.45, 2.75) is 17.2 Å². The predicted molar refractivity (Wildman–Crippen MR) is 73.4 cm³/mol. The normalized spacial score (nSPS) is 13.3. The van der Waals surface area contributed by atoms with E-state index in [1.54, 1.807) is 19.1 Å². The minimum atomic E-state index is -3.90. The highest BCUT2D eigenvalue weighted by Gasteiger charge is 2.27. The standard InChI is InChI=1S/C10H9ClN2O5S2/c1-6(8-3-2-4-18-8)12-20(16,17)9-5-7(13(14)15)10(11)19-9/h2-6,12H,1H3. The lowest BCUT2D eigenvalue weighted by atomic mass is 10.3. The summed E-state index contributed by atoms with van der Waals surface area (Å²) in [5.74, 6) is 0.436. The minimum absolute atomic E-state index is 0.180. The van der Waals surface area contributed by atoms with Crippen LogP contribution in [0.4, 0.5) is 5.69 Å². The number of hydrogen-bond donors (Lipinski definition) is 1. The van der Waals surface area contributed by atoms with Crippen molar-refractivity contribution >= 4 is 38.6 Å². The van der Waals surface area contributed by atoms with Gasteiger partial charge in [-0.3, -0.25) is 10.1 Å². The fourth-order valence-electron chi connectivity index (χ4n) is 1.48. The quantitative estimate of drug-likeness (QED) is 0.668. The maximum absolute atomic E-state index is 12.1. The van der Waals surface area contributed by atoms with Crippen molar-refractivity contribution in [3.05, 3.63) is 44.7 Å². The van der Waals surface area contributed by atoms with Gasteiger partial charge in [0.1, 0.15) is 9.97 Å². The van der Waals surface area contributed by atoms with Crippen LogP contribution >= 0.6 is 22.9 Å². The summed E-state index contributed by atoms with van der Waals surface area (Å²) in [5.41, 5.74) is -0.428. The molecule has 2 rings (SSSR count). The third kappa shape index (κ3) is 3.01. The molecule has 108 valence electrons. The predicted octanol–water partition coefficient (Wildman–Crippen LogP) is 2.94. The molecule has 0 bridgehead atoms. The third-order valence-electron chi connectivity index (χ3n) is 2.41. The van der Waals surface area contributed by atoms with E-state index in [2.05, 4.69) is 4.72 Å². The molecule has 2 heterocycles. The average Bonchev–Trinajstić information content (AvgIpc) is 2.96. The first-order chi connectivity index (χ1) is 9.31. The Morgan fingerprint density at radius 3 is 2.75 bits per heavy atom. The van der Waals surface area contributed by atoms with Gasteiger partial charge in [-0.15, -0.1) is 11.3 Å². The molecule has 20 heavy (non-hydrogen) atoms. The van der Waals surface area contributed by atoms with E-state index in [0.717, 1.165) is 6.07 Å². The van der Waals surface area contributed by atoms with Gasteiger partial charge in [0.05, 0.1) is 17.2 Å². The zero-order chi connectivity index (χ0) is 14.9. The van der Waals surface area contributed by atoms with Crippen LogP contribution in [-0.2, 0) is 10.0 Å². The topological polar surface area (TPSA) is 102 Å². The van der Waals surface area contributed by atoms with Crippen molar-refractivity contribution in [3.8, 4) is 0 Å². The second kappa shape index (κ2) is 5.52. The number of hydrogen-bond acceptors (Lipinski definition) is 6. The Kier molecular flexibility index (Phi) is 4.14. The van der Waals surface area contributed by atoms with E-state index < -0.39 is 26.7 Å². The smallest absolute Gasteiger partial charge is 0.300 e. The van der Waals surface area contributed by atoms with Crippen LogP contribution in [0.2, 0.25) is 4.34 Å².